The van der Waals surface area contributed by atoms with Crippen molar-refractivity contribution in [3.63, 3.8) is 0 Å². The van der Waals surface area contributed by atoms with Crippen LogP contribution < -0.4 is 10.3 Å². The fourth-order valence-electron chi connectivity index (χ4n) is 2.80. The number of hydrogen-bond donors (Lipinski definition) is 0. The van der Waals surface area contributed by atoms with Crippen LogP contribution in [0.15, 0.2) is 59.5 Å². The number of hydrogen-bond acceptors (Lipinski definition) is 5. The largest absolute Gasteiger partial charge is 0.497 e. The SMILES string of the molecule is COc1cccc(-c2ccc(=O)n(C(C)C(=O)Cc3ccc(C(F)(F)F)cn3)n2)c1. The maximum absolute atomic E-state index is 12.6. The normalized spacial score (nSPS) is 12.4. The van der Waals surface area contributed by atoms with E-state index < -0.39 is 29.1 Å². The highest BCUT2D eigenvalue weighted by Gasteiger charge is 2.30. The number of nitrogens with zero attached hydrogens (tertiary/aromatic N) is 3. The van der Waals surface area contributed by atoms with E-state index in [0.717, 1.165) is 16.8 Å². The Morgan fingerprint density at radius 2 is 1.93 bits per heavy atom. The van der Waals surface area contributed by atoms with Gasteiger partial charge in [0.15, 0.2) is 5.78 Å². The van der Waals surface area contributed by atoms with E-state index in [1.54, 1.807) is 30.3 Å². The van der Waals surface area contributed by atoms with Crippen LogP contribution in [0.5, 0.6) is 5.75 Å². The van der Waals surface area contributed by atoms with E-state index >= 15 is 0 Å². The fraction of sp³-hybridized carbons (Fsp3) is 0.238. The summed E-state index contributed by atoms with van der Waals surface area (Å²) in [6, 6.07) is 11.0. The van der Waals surface area contributed by atoms with Crippen LogP contribution >= 0.6 is 0 Å². The van der Waals surface area contributed by atoms with Crippen molar-refractivity contribution in [2.75, 3.05) is 7.11 Å². The first-order valence-corrected chi connectivity index (χ1v) is 8.98. The van der Waals surface area contributed by atoms with Crippen LogP contribution in [0.25, 0.3) is 11.3 Å². The summed E-state index contributed by atoms with van der Waals surface area (Å²) in [6.07, 6.45) is -4.04. The molecule has 0 aliphatic carbocycles. The first-order valence-electron chi connectivity index (χ1n) is 8.98. The van der Waals surface area contributed by atoms with Gasteiger partial charge in [0.05, 0.1) is 24.8 Å². The molecular formula is C21H18F3N3O3. The Morgan fingerprint density at radius 1 is 1.17 bits per heavy atom. The van der Waals surface area contributed by atoms with Gasteiger partial charge in [0.25, 0.3) is 5.56 Å². The summed E-state index contributed by atoms with van der Waals surface area (Å²) < 4.78 is 44.2. The summed E-state index contributed by atoms with van der Waals surface area (Å²) in [6.45, 7) is 1.51. The molecule has 3 rings (SSSR count). The molecule has 0 bridgehead atoms. The second-order valence-corrected chi connectivity index (χ2v) is 6.59. The lowest BCUT2D eigenvalue weighted by Crippen LogP contribution is -2.31. The zero-order valence-corrected chi connectivity index (χ0v) is 16.2. The van der Waals surface area contributed by atoms with Gasteiger partial charge in [-0.2, -0.15) is 18.3 Å². The summed E-state index contributed by atoms with van der Waals surface area (Å²) in [7, 11) is 1.53. The van der Waals surface area contributed by atoms with Crippen LogP contribution in [0.4, 0.5) is 13.2 Å². The number of carbonyl (C=O) groups excluding carboxylic acids is 1. The van der Waals surface area contributed by atoms with Gasteiger partial charge in [-0.05, 0) is 37.3 Å². The summed E-state index contributed by atoms with van der Waals surface area (Å²) in [4.78, 5) is 28.6. The maximum Gasteiger partial charge on any atom is 0.417 e. The number of Topliss-reactive ketones (excluding diaryl/α,β-unsaturated/α-hetero) is 1. The summed E-state index contributed by atoms with van der Waals surface area (Å²) in [5, 5.41) is 4.29. The molecular weight excluding hydrogens is 399 g/mol. The molecule has 0 aliphatic heterocycles. The van der Waals surface area contributed by atoms with Gasteiger partial charge in [-0.15, -0.1) is 0 Å². The van der Waals surface area contributed by atoms with Crippen molar-refractivity contribution in [1.82, 2.24) is 14.8 Å². The van der Waals surface area contributed by atoms with Crippen molar-refractivity contribution in [3.05, 3.63) is 76.3 Å². The van der Waals surface area contributed by atoms with Crippen LogP contribution in [0.1, 0.15) is 24.2 Å². The number of pyridine rings is 1. The maximum atomic E-state index is 12.6. The van der Waals surface area contributed by atoms with E-state index in [-0.39, 0.29) is 12.1 Å². The number of benzene rings is 1. The lowest BCUT2D eigenvalue weighted by atomic mass is 10.1. The minimum Gasteiger partial charge on any atom is -0.497 e. The summed E-state index contributed by atoms with van der Waals surface area (Å²) in [5.74, 6) is 0.212. The molecule has 6 nitrogen and oxygen atoms in total. The monoisotopic (exact) mass is 417 g/mol. The first-order chi connectivity index (χ1) is 14.2. The number of rotatable bonds is 6. The molecule has 9 heteroatoms. The highest BCUT2D eigenvalue weighted by Crippen LogP contribution is 2.28. The van der Waals surface area contributed by atoms with E-state index in [0.29, 0.717) is 23.2 Å². The van der Waals surface area contributed by atoms with Gasteiger partial charge in [-0.1, -0.05) is 12.1 Å². The van der Waals surface area contributed by atoms with Crippen molar-refractivity contribution >= 4 is 5.78 Å². The minimum absolute atomic E-state index is 0.178. The number of ketones is 1. The Labute approximate surface area is 170 Å². The molecule has 1 aromatic carbocycles. The predicted octanol–water partition coefficient (Wildman–Crippen LogP) is 3.71. The molecule has 0 saturated carbocycles. The molecule has 0 aliphatic rings. The number of carbonyl (C=O) groups is 1. The van der Waals surface area contributed by atoms with Crippen LogP contribution in [0, 0.1) is 0 Å². The van der Waals surface area contributed by atoms with Crippen LogP contribution in [-0.2, 0) is 17.4 Å². The van der Waals surface area contributed by atoms with Crippen molar-refractivity contribution in [2.45, 2.75) is 25.6 Å². The smallest absolute Gasteiger partial charge is 0.417 e. The molecule has 0 N–H and O–H groups in total. The highest BCUT2D eigenvalue weighted by atomic mass is 19.4. The second-order valence-electron chi connectivity index (χ2n) is 6.59. The van der Waals surface area contributed by atoms with Crippen LogP contribution in [0.2, 0.25) is 0 Å². The standard InChI is InChI=1S/C21H18F3N3O3/c1-13(19(28)11-16-7-6-15(12-25-16)21(22,23)24)27-20(29)9-8-18(26-27)14-4-3-5-17(10-14)30-2/h3-10,12-13H,11H2,1-2H3. The van der Waals surface area contributed by atoms with E-state index in [2.05, 4.69) is 10.1 Å². The minimum atomic E-state index is -4.50. The Kier molecular flexibility index (Phi) is 6.00. The topological polar surface area (TPSA) is 74.1 Å². The molecule has 0 fully saturated rings. The van der Waals surface area contributed by atoms with Crippen LogP contribution in [-0.4, -0.2) is 27.7 Å². The summed E-state index contributed by atoms with van der Waals surface area (Å²) >= 11 is 0. The second kappa shape index (κ2) is 8.48. The summed E-state index contributed by atoms with van der Waals surface area (Å²) in [5.41, 5.74) is -0.0108. The lowest BCUT2D eigenvalue weighted by Gasteiger charge is -2.14. The molecule has 1 unspecified atom stereocenters. The Morgan fingerprint density at radius 3 is 2.57 bits per heavy atom. The number of halogens is 3. The molecule has 2 heterocycles. The average molecular weight is 417 g/mol. The number of alkyl halides is 3. The average Bonchev–Trinajstić information content (AvgIpc) is 2.73. The van der Waals surface area contributed by atoms with Gasteiger partial charge in [-0.3, -0.25) is 14.6 Å². The number of methoxy groups -OCH3 is 1. The molecule has 3 aromatic rings. The molecule has 2 aromatic heterocycles. The van der Waals surface area contributed by atoms with Crippen molar-refractivity contribution < 1.29 is 22.7 Å². The third kappa shape index (κ3) is 4.73. The van der Waals surface area contributed by atoms with Gasteiger partial charge in [0, 0.05) is 23.5 Å². The van der Waals surface area contributed by atoms with E-state index in [9.17, 15) is 22.8 Å². The molecule has 0 saturated heterocycles. The Hall–Kier alpha value is -3.49. The predicted molar refractivity (Wildman–Crippen MR) is 103 cm³/mol. The van der Waals surface area contributed by atoms with Gasteiger partial charge in [0.1, 0.15) is 11.8 Å². The van der Waals surface area contributed by atoms with Crippen molar-refractivity contribution in [2.24, 2.45) is 0 Å². The number of ether oxygens (including phenoxy) is 1. The van der Waals surface area contributed by atoms with Gasteiger partial charge < -0.3 is 4.74 Å². The molecule has 30 heavy (non-hydrogen) atoms. The molecule has 0 amide bonds. The van der Waals surface area contributed by atoms with Gasteiger partial charge in [-0.25, -0.2) is 4.68 Å². The van der Waals surface area contributed by atoms with Gasteiger partial charge >= 0.3 is 6.18 Å². The third-order valence-electron chi connectivity index (χ3n) is 4.53. The van der Waals surface area contributed by atoms with Gasteiger partial charge in [0.2, 0.25) is 0 Å². The number of aromatic nitrogens is 3. The van der Waals surface area contributed by atoms with E-state index in [1.165, 1.54) is 20.1 Å². The highest BCUT2D eigenvalue weighted by molar-refractivity contribution is 5.84. The van der Waals surface area contributed by atoms with E-state index in [4.69, 9.17) is 4.74 Å². The Balaban J connectivity index is 1.82. The third-order valence-corrected chi connectivity index (χ3v) is 4.53. The molecule has 0 spiro atoms. The molecule has 0 radical (unpaired) electrons. The molecule has 156 valence electrons. The lowest BCUT2D eigenvalue weighted by molar-refractivity contribution is -0.137. The zero-order chi connectivity index (χ0) is 21.9. The zero-order valence-electron chi connectivity index (χ0n) is 16.2. The molecule has 1 atom stereocenters. The Bertz CT molecular complexity index is 1110. The first kappa shape index (κ1) is 21.2. The fourth-order valence-corrected chi connectivity index (χ4v) is 2.80. The quantitative estimate of drug-likeness (QED) is 0.611. The van der Waals surface area contributed by atoms with E-state index in [1.807, 2.05) is 0 Å². The van der Waals surface area contributed by atoms with Crippen molar-refractivity contribution in [3.8, 4) is 17.0 Å². The van der Waals surface area contributed by atoms with Crippen LogP contribution in [0.3, 0.4) is 0 Å². The van der Waals surface area contributed by atoms with Crippen molar-refractivity contribution in [1.29, 1.82) is 0 Å².